The number of pyridine rings is 1. The molecule has 0 fully saturated rings. The number of hydrogen-bond acceptors (Lipinski definition) is 4. The SMILES string of the molecule is CCOc1ccc(NCc2cncn2C)cn1. The van der Waals surface area contributed by atoms with Crippen molar-refractivity contribution in [1.29, 1.82) is 0 Å². The van der Waals surface area contributed by atoms with Crippen LogP contribution in [0.4, 0.5) is 5.69 Å². The third-order valence-electron chi connectivity index (χ3n) is 2.42. The van der Waals surface area contributed by atoms with Crippen molar-refractivity contribution in [3.05, 3.63) is 36.5 Å². The van der Waals surface area contributed by atoms with E-state index in [0.29, 0.717) is 12.5 Å². The quantitative estimate of drug-likeness (QED) is 0.854. The average Bonchev–Trinajstić information content (AvgIpc) is 2.75. The van der Waals surface area contributed by atoms with E-state index in [4.69, 9.17) is 4.74 Å². The number of nitrogens with one attached hydrogen (secondary N) is 1. The van der Waals surface area contributed by atoms with Crippen molar-refractivity contribution in [3.8, 4) is 5.88 Å². The lowest BCUT2D eigenvalue weighted by molar-refractivity contribution is 0.327. The molecule has 5 heteroatoms. The summed E-state index contributed by atoms with van der Waals surface area (Å²) in [4.78, 5) is 8.24. The zero-order chi connectivity index (χ0) is 12.1. The van der Waals surface area contributed by atoms with Crippen LogP contribution in [0.3, 0.4) is 0 Å². The Kier molecular flexibility index (Phi) is 3.59. The Labute approximate surface area is 100 Å². The van der Waals surface area contributed by atoms with E-state index in [9.17, 15) is 0 Å². The summed E-state index contributed by atoms with van der Waals surface area (Å²) >= 11 is 0. The van der Waals surface area contributed by atoms with Gasteiger partial charge in [0, 0.05) is 19.3 Å². The second kappa shape index (κ2) is 5.34. The highest BCUT2D eigenvalue weighted by Gasteiger charge is 1.99. The summed E-state index contributed by atoms with van der Waals surface area (Å²) in [5.74, 6) is 0.651. The van der Waals surface area contributed by atoms with Crippen LogP contribution in [0, 0.1) is 0 Å². The van der Waals surface area contributed by atoms with Crippen molar-refractivity contribution in [2.45, 2.75) is 13.5 Å². The van der Waals surface area contributed by atoms with E-state index >= 15 is 0 Å². The maximum Gasteiger partial charge on any atom is 0.213 e. The molecule has 0 radical (unpaired) electrons. The highest BCUT2D eigenvalue weighted by molar-refractivity contribution is 5.42. The largest absolute Gasteiger partial charge is 0.478 e. The Morgan fingerprint density at radius 3 is 2.82 bits per heavy atom. The second-order valence-corrected chi connectivity index (χ2v) is 3.67. The smallest absolute Gasteiger partial charge is 0.213 e. The average molecular weight is 232 g/mol. The van der Waals surface area contributed by atoms with E-state index < -0.39 is 0 Å². The van der Waals surface area contributed by atoms with E-state index in [1.807, 2.05) is 36.9 Å². The molecule has 2 aromatic heterocycles. The fourth-order valence-corrected chi connectivity index (χ4v) is 1.47. The van der Waals surface area contributed by atoms with Crippen LogP contribution in [0.1, 0.15) is 12.6 Å². The molecule has 0 aromatic carbocycles. The van der Waals surface area contributed by atoms with Crippen LogP contribution in [0.5, 0.6) is 5.88 Å². The first-order chi connectivity index (χ1) is 8.29. The number of hydrogen-bond donors (Lipinski definition) is 1. The van der Waals surface area contributed by atoms with Crippen LogP contribution < -0.4 is 10.1 Å². The van der Waals surface area contributed by atoms with Crippen LogP contribution in [-0.4, -0.2) is 21.1 Å². The molecule has 0 amide bonds. The van der Waals surface area contributed by atoms with Gasteiger partial charge in [-0.2, -0.15) is 0 Å². The minimum atomic E-state index is 0.634. The molecule has 0 aliphatic heterocycles. The highest BCUT2D eigenvalue weighted by atomic mass is 16.5. The monoisotopic (exact) mass is 232 g/mol. The zero-order valence-electron chi connectivity index (χ0n) is 10.1. The summed E-state index contributed by atoms with van der Waals surface area (Å²) in [6.45, 7) is 3.30. The molecule has 0 unspecified atom stereocenters. The number of aromatic nitrogens is 3. The Morgan fingerprint density at radius 2 is 2.24 bits per heavy atom. The van der Waals surface area contributed by atoms with E-state index in [1.54, 1.807) is 12.5 Å². The van der Waals surface area contributed by atoms with Crippen molar-refractivity contribution in [3.63, 3.8) is 0 Å². The van der Waals surface area contributed by atoms with E-state index in [0.717, 1.165) is 17.9 Å². The van der Waals surface area contributed by atoms with E-state index in [2.05, 4.69) is 15.3 Å². The number of imidazole rings is 1. The third-order valence-corrected chi connectivity index (χ3v) is 2.42. The van der Waals surface area contributed by atoms with Gasteiger partial charge in [-0.1, -0.05) is 0 Å². The first-order valence-electron chi connectivity index (χ1n) is 5.57. The first kappa shape index (κ1) is 11.4. The lowest BCUT2D eigenvalue weighted by Gasteiger charge is -2.07. The van der Waals surface area contributed by atoms with Gasteiger partial charge in [-0.3, -0.25) is 0 Å². The standard InChI is InChI=1S/C12H16N4O/c1-3-17-12-5-4-10(6-15-12)14-8-11-7-13-9-16(11)2/h4-7,9,14H,3,8H2,1-2H3. The van der Waals surface area contributed by atoms with Crippen molar-refractivity contribution in [1.82, 2.24) is 14.5 Å². The molecule has 2 rings (SSSR count). The van der Waals surface area contributed by atoms with E-state index in [1.165, 1.54) is 0 Å². The first-order valence-corrected chi connectivity index (χ1v) is 5.57. The molecule has 0 saturated carbocycles. The summed E-state index contributed by atoms with van der Waals surface area (Å²) in [6, 6.07) is 3.81. The summed E-state index contributed by atoms with van der Waals surface area (Å²) in [5.41, 5.74) is 2.09. The van der Waals surface area contributed by atoms with Gasteiger partial charge in [-0.25, -0.2) is 9.97 Å². The maximum atomic E-state index is 5.28. The Hall–Kier alpha value is -2.04. The molecule has 0 aliphatic carbocycles. The number of nitrogens with zero attached hydrogens (tertiary/aromatic N) is 3. The molecule has 2 aromatic rings. The molecule has 0 aliphatic rings. The minimum absolute atomic E-state index is 0.634. The fraction of sp³-hybridized carbons (Fsp3) is 0.333. The highest BCUT2D eigenvalue weighted by Crippen LogP contribution is 2.12. The fourth-order valence-electron chi connectivity index (χ4n) is 1.47. The van der Waals surface area contributed by atoms with Crippen molar-refractivity contribution in [2.24, 2.45) is 7.05 Å². The predicted molar refractivity (Wildman–Crippen MR) is 65.9 cm³/mol. The molecule has 1 N–H and O–H groups in total. The van der Waals surface area contributed by atoms with Gasteiger partial charge in [0.25, 0.3) is 0 Å². The molecule has 5 nitrogen and oxygen atoms in total. The van der Waals surface area contributed by atoms with Crippen LogP contribution in [0.2, 0.25) is 0 Å². The van der Waals surface area contributed by atoms with Gasteiger partial charge < -0.3 is 14.6 Å². The lowest BCUT2D eigenvalue weighted by Crippen LogP contribution is -2.04. The van der Waals surface area contributed by atoms with Crippen LogP contribution in [-0.2, 0) is 13.6 Å². The van der Waals surface area contributed by atoms with Crippen LogP contribution in [0.15, 0.2) is 30.9 Å². The number of aryl methyl sites for hydroxylation is 1. The molecule has 0 atom stereocenters. The number of rotatable bonds is 5. The van der Waals surface area contributed by atoms with E-state index in [-0.39, 0.29) is 0 Å². The number of ether oxygens (including phenoxy) is 1. The van der Waals surface area contributed by atoms with Gasteiger partial charge in [-0.15, -0.1) is 0 Å². The zero-order valence-corrected chi connectivity index (χ0v) is 10.1. The minimum Gasteiger partial charge on any atom is -0.478 e. The third kappa shape index (κ3) is 2.96. The molecular weight excluding hydrogens is 216 g/mol. The van der Waals surface area contributed by atoms with Crippen LogP contribution in [0.25, 0.3) is 0 Å². The van der Waals surface area contributed by atoms with Gasteiger partial charge in [0.05, 0.1) is 37.1 Å². The van der Waals surface area contributed by atoms with Crippen molar-refractivity contribution < 1.29 is 4.74 Å². The molecule has 0 bridgehead atoms. The molecule has 2 heterocycles. The Bertz CT molecular complexity index is 464. The summed E-state index contributed by atoms with van der Waals surface area (Å²) in [7, 11) is 1.97. The normalized spacial score (nSPS) is 10.2. The molecular formula is C12H16N4O. The summed E-state index contributed by atoms with van der Waals surface area (Å²) in [6.07, 6.45) is 5.39. The van der Waals surface area contributed by atoms with Gasteiger partial charge in [0.15, 0.2) is 0 Å². The molecule has 90 valence electrons. The predicted octanol–water partition coefficient (Wildman–Crippen LogP) is 1.83. The summed E-state index contributed by atoms with van der Waals surface area (Å²) in [5, 5.41) is 3.28. The second-order valence-electron chi connectivity index (χ2n) is 3.67. The van der Waals surface area contributed by atoms with Crippen molar-refractivity contribution >= 4 is 5.69 Å². The van der Waals surface area contributed by atoms with Crippen LogP contribution >= 0.6 is 0 Å². The Balaban J connectivity index is 1.93. The molecule has 17 heavy (non-hydrogen) atoms. The van der Waals surface area contributed by atoms with Gasteiger partial charge >= 0.3 is 0 Å². The van der Waals surface area contributed by atoms with Gasteiger partial charge in [0.2, 0.25) is 5.88 Å². The van der Waals surface area contributed by atoms with Gasteiger partial charge in [-0.05, 0) is 13.0 Å². The maximum absolute atomic E-state index is 5.28. The summed E-state index contributed by atoms with van der Waals surface area (Å²) < 4.78 is 7.26. The topological polar surface area (TPSA) is 52.0 Å². The molecule has 0 spiro atoms. The number of anilines is 1. The lowest BCUT2D eigenvalue weighted by atomic mass is 10.4. The molecule has 0 saturated heterocycles. The van der Waals surface area contributed by atoms with Gasteiger partial charge in [0.1, 0.15) is 0 Å². The van der Waals surface area contributed by atoms with Crippen molar-refractivity contribution in [2.75, 3.05) is 11.9 Å². The Morgan fingerprint density at radius 1 is 1.35 bits per heavy atom.